The Balaban J connectivity index is 1.45. The highest BCUT2D eigenvalue weighted by molar-refractivity contribution is 6.03. The summed E-state index contributed by atoms with van der Waals surface area (Å²) in [6, 6.07) is 13.3. The van der Waals surface area contributed by atoms with Crippen molar-refractivity contribution < 1.29 is 14.4 Å². The lowest BCUT2D eigenvalue weighted by atomic mass is 9.93. The Kier molecular flexibility index (Phi) is 8.77. The summed E-state index contributed by atoms with van der Waals surface area (Å²) in [5, 5.41) is 15.3. The van der Waals surface area contributed by atoms with E-state index in [0.717, 1.165) is 42.9 Å². The van der Waals surface area contributed by atoms with Gasteiger partial charge in [-0.2, -0.15) is 4.99 Å². The summed E-state index contributed by atoms with van der Waals surface area (Å²) in [4.78, 5) is 41.0. The molecule has 0 spiro atoms. The largest absolute Gasteiger partial charge is 0.355 e. The van der Waals surface area contributed by atoms with Crippen LogP contribution < -0.4 is 26.6 Å². The minimum Gasteiger partial charge on any atom is -0.355 e. The molecule has 1 saturated heterocycles. The highest BCUT2D eigenvalue weighted by Crippen LogP contribution is 2.39. The average Bonchev–Trinajstić information content (AvgIpc) is 3.59. The van der Waals surface area contributed by atoms with E-state index in [9.17, 15) is 14.4 Å². The summed E-state index contributed by atoms with van der Waals surface area (Å²) < 4.78 is 0. The van der Waals surface area contributed by atoms with E-state index >= 15 is 0 Å². The van der Waals surface area contributed by atoms with Gasteiger partial charge in [0.05, 0.1) is 0 Å². The van der Waals surface area contributed by atoms with Crippen molar-refractivity contribution >= 4 is 40.7 Å². The van der Waals surface area contributed by atoms with Gasteiger partial charge in [0.1, 0.15) is 0 Å². The molecule has 196 valence electrons. The molecule has 0 radical (unpaired) electrons. The molecule has 0 bridgehead atoms. The SMILES string of the molecule is CC(C)C(=O)NCCC(=O)Nc1cccc(Nc2ccc(C(=O)N=C3NCCN3)cc2C2CCCC2)c1. The summed E-state index contributed by atoms with van der Waals surface area (Å²) in [6.45, 7) is 5.45. The second-order valence-electron chi connectivity index (χ2n) is 9.85. The smallest absolute Gasteiger partial charge is 0.280 e. The third-order valence-electron chi connectivity index (χ3n) is 6.62. The third kappa shape index (κ3) is 7.31. The quantitative estimate of drug-likeness (QED) is 0.353. The molecule has 9 nitrogen and oxygen atoms in total. The number of anilines is 3. The number of aliphatic imine (C=N–C) groups is 1. The Morgan fingerprint density at radius 1 is 1.00 bits per heavy atom. The van der Waals surface area contributed by atoms with Crippen LogP contribution in [0.15, 0.2) is 47.5 Å². The maximum atomic E-state index is 12.8. The molecule has 9 heteroatoms. The Bertz CT molecular complexity index is 1160. The van der Waals surface area contributed by atoms with Crippen molar-refractivity contribution in [3.05, 3.63) is 53.6 Å². The van der Waals surface area contributed by atoms with Crippen LogP contribution in [-0.2, 0) is 9.59 Å². The molecule has 2 aliphatic rings. The number of nitrogens with one attached hydrogen (secondary N) is 5. The fraction of sp³-hybridized carbons (Fsp3) is 0.429. The Hall–Kier alpha value is -3.88. The number of amides is 3. The van der Waals surface area contributed by atoms with E-state index in [0.29, 0.717) is 29.7 Å². The van der Waals surface area contributed by atoms with E-state index < -0.39 is 0 Å². The van der Waals surface area contributed by atoms with Crippen molar-refractivity contribution in [3.8, 4) is 0 Å². The summed E-state index contributed by atoms with van der Waals surface area (Å²) in [6.07, 6.45) is 4.74. The van der Waals surface area contributed by atoms with Crippen molar-refractivity contribution in [2.75, 3.05) is 30.3 Å². The first-order valence-electron chi connectivity index (χ1n) is 13.1. The first kappa shape index (κ1) is 26.2. The minimum atomic E-state index is -0.267. The van der Waals surface area contributed by atoms with Gasteiger partial charge in [0, 0.05) is 54.6 Å². The van der Waals surface area contributed by atoms with Crippen LogP contribution in [0.5, 0.6) is 0 Å². The van der Waals surface area contributed by atoms with E-state index in [4.69, 9.17) is 0 Å². The first-order valence-corrected chi connectivity index (χ1v) is 13.1. The van der Waals surface area contributed by atoms with Crippen LogP contribution >= 0.6 is 0 Å². The predicted molar refractivity (Wildman–Crippen MR) is 146 cm³/mol. The maximum Gasteiger partial charge on any atom is 0.280 e. The van der Waals surface area contributed by atoms with Crippen LogP contribution in [0.4, 0.5) is 17.1 Å². The van der Waals surface area contributed by atoms with E-state index in [-0.39, 0.29) is 30.1 Å². The number of hydrogen-bond donors (Lipinski definition) is 5. The van der Waals surface area contributed by atoms with Gasteiger partial charge >= 0.3 is 0 Å². The zero-order chi connectivity index (χ0) is 26.2. The molecule has 37 heavy (non-hydrogen) atoms. The molecule has 1 aliphatic carbocycles. The third-order valence-corrected chi connectivity index (χ3v) is 6.62. The molecular weight excluding hydrogens is 468 g/mol. The number of hydrogen-bond acceptors (Lipinski definition) is 4. The molecule has 1 aliphatic heterocycles. The fourth-order valence-electron chi connectivity index (χ4n) is 4.61. The van der Waals surface area contributed by atoms with Crippen molar-refractivity contribution in [1.29, 1.82) is 0 Å². The Morgan fingerprint density at radius 2 is 1.73 bits per heavy atom. The first-order chi connectivity index (χ1) is 17.9. The molecule has 1 heterocycles. The molecule has 2 aromatic carbocycles. The van der Waals surface area contributed by atoms with Gasteiger partial charge < -0.3 is 26.6 Å². The van der Waals surface area contributed by atoms with Crippen molar-refractivity contribution in [2.45, 2.75) is 51.9 Å². The van der Waals surface area contributed by atoms with Crippen molar-refractivity contribution in [3.63, 3.8) is 0 Å². The van der Waals surface area contributed by atoms with Gasteiger partial charge in [-0.3, -0.25) is 14.4 Å². The van der Waals surface area contributed by atoms with Gasteiger partial charge in [-0.15, -0.1) is 0 Å². The Labute approximate surface area is 217 Å². The molecule has 0 aromatic heterocycles. The molecule has 2 fully saturated rings. The normalized spacial score (nSPS) is 15.2. The fourth-order valence-corrected chi connectivity index (χ4v) is 4.61. The standard InChI is InChI=1S/C28H36N6O3/c1-18(2)26(36)29-13-12-25(35)33-22-9-5-8-21(17-22)32-24-11-10-20(16-23(24)19-6-3-4-7-19)27(37)34-28-30-14-15-31-28/h5,8-11,16-19,32H,3-4,6-7,12-15H2,1-2H3,(H,29,36)(H,33,35)(H2,30,31,34,37). The zero-order valence-corrected chi connectivity index (χ0v) is 21.5. The maximum absolute atomic E-state index is 12.8. The monoisotopic (exact) mass is 504 g/mol. The molecule has 1 saturated carbocycles. The lowest BCUT2D eigenvalue weighted by Gasteiger charge is -2.18. The van der Waals surface area contributed by atoms with E-state index in [1.54, 1.807) is 6.07 Å². The second kappa shape index (κ2) is 12.4. The second-order valence-corrected chi connectivity index (χ2v) is 9.85. The average molecular weight is 505 g/mol. The number of carbonyl (C=O) groups excluding carboxylic acids is 3. The van der Waals surface area contributed by atoms with Gasteiger partial charge in [0.25, 0.3) is 5.91 Å². The summed E-state index contributed by atoms with van der Waals surface area (Å²) in [5.41, 5.74) is 4.15. The van der Waals surface area contributed by atoms with Crippen LogP contribution in [0.2, 0.25) is 0 Å². The van der Waals surface area contributed by atoms with Crippen molar-refractivity contribution in [1.82, 2.24) is 16.0 Å². The number of guanidine groups is 1. The van der Waals surface area contributed by atoms with Gasteiger partial charge in [-0.25, -0.2) is 0 Å². The molecule has 4 rings (SSSR count). The molecule has 0 atom stereocenters. The highest BCUT2D eigenvalue weighted by Gasteiger charge is 2.22. The van der Waals surface area contributed by atoms with Gasteiger partial charge in [-0.1, -0.05) is 32.8 Å². The highest BCUT2D eigenvalue weighted by atomic mass is 16.2. The van der Waals surface area contributed by atoms with Gasteiger partial charge in [0.2, 0.25) is 11.8 Å². The predicted octanol–water partition coefficient (Wildman–Crippen LogP) is 3.88. The van der Waals surface area contributed by atoms with Crippen LogP contribution in [0, 0.1) is 5.92 Å². The van der Waals surface area contributed by atoms with Crippen LogP contribution in [-0.4, -0.2) is 43.3 Å². The van der Waals surface area contributed by atoms with E-state index in [2.05, 4.69) is 31.6 Å². The lowest BCUT2D eigenvalue weighted by Crippen LogP contribution is -2.30. The van der Waals surface area contributed by atoms with Crippen molar-refractivity contribution in [2.24, 2.45) is 10.9 Å². The lowest BCUT2D eigenvalue weighted by molar-refractivity contribution is -0.124. The van der Waals surface area contributed by atoms with Gasteiger partial charge in [-0.05, 0) is 60.7 Å². The molecule has 0 unspecified atom stereocenters. The minimum absolute atomic E-state index is 0.0657. The number of nitrogens with zero attached hydrogens (tertiary/aromatic N) is 1. The Morgan fingerprint density at radius 3 is 2.46 bits per heavy atom. The van der Waals surface area contributed by atoms with Crippen LogP contribution in [0.25, 0.3) is 0 Å². The van der Waals surface area contributed by atoms with Crippen LogP contribution in [0.3, 0.4) is 0 Å². The number of carbonyl (C=O) groups is 3. The van der Waals surface area contributed by atoms with E-state index in [1.165, 1.54) is 12.8 Å². The summed E-state index contributed by atoms with van der Waals surface area (Å²) >= 11 is 0. The number of rotatable bonds is 9. The zero-order valence-electron chi connectivity index (χ0n) is 21.5. The topological polar surface area (TPSA) is 124 Å². The molecular formula is C28H36N6O3. The van der Waals surface area contributed by atoms with E-state index in [1.807, 2.05) is 50.2 Å². The molecule has 5 N–H and O–H groups in total. The van der Waals surface area contributed by atoms with Gasteiger partial charge in [0.15, 0.2) is 5.96 Å². The number of benzene rings is 2. The summed E-state index contributed by atoms with van der Waals surface area (Å²) in [5.74, 6) is 0.303. The van der Waals surface area contributed by atoms with Crippen LogP contribution in [0.1, 0.15) is 67.8 Å². The molecule has 3 amide bonds. The molecule has 2 aromatic rings. The summed E-state index contributed by atoms with van der Waals surface area (Å²) in [7, 11) is 0.